The summed E-state index contributed by atoms with van der Waals surface area (Å²) in [5.41, 5.74) is -0.140. The smallest absolute Gasteiger partial charge is 0.447 e. The van der Waals surface area contributed by atoms with Crippen LogP contribution in [0.1, 0.15) is 30.7 Å². The molecule has 35 heavy (non-hydrogen) atoms. The molecule has 0 fully saturated rings. The number of ether oxygens (including phenoxy) is 2. The summed E-state index contributed by atoms with van der Waals surface area (Å²) < 4.78 is 62.4. The first-order valence-corrected chi connectivity index (χ1v) is 11.0. The van der Waals surface area contributed by atoms with E-state index < -0.39 is 36.0 Å². The first-order valence-electron chi connectivity index (χ1n) is 10.6. The van der Waals surface area contributed by atoms with E-state index in [0.717, 1.165) is 17.7 Å². The summed E-state index contributed by atoms with van der Waals surface area (Å²) in [7, 11) is 0. The van der Waals surface area contributed by atoms with Crippen molar-refractivity contribution >= 4 is 17.7 Å². The maximum atomic E-state index is 13.6. The summed E-state index contributed by atoms with van der Waals surface area (Å²) in [4.78, 5) is 17.2. The topological polar surface area (TPSA) is 60.5 Å². The van der Waals surface area contributed by atoms with Gasteiger partial charge in [0.2, 0.25) is 0 Å². The molecule has 0 aliphatic carbocycles. The number of aromatic nitrogens is 1. The molecule has 0 spiro atoms. The van der Waals surface area contributed by atoms with E-state index in [0.29, 0.717) is 10.7 Å². The lowest BCUT2D eigenvalue weighted by Crippen LogP contribution is -2.49. The van der Waals surface area contributed by atoms with Crippen molar-refractivity contribution in [3.63, 3.8) is 0 Å². The Morgan fingerprint density at radius 1 is 1.06 bits per heavy atom. The monoisotopic (exact) mass is 510 g/mol. The highest BCUT2D eigenvalue weighted by Gasteiger charge is 2.45. The molecule has 0 aliphatic heterocycles. The molecule has 0 bridgehead atoms. The first-order chi connectivity index (χ1) is 16.5. The van der Waals surface area contributed by atoms with Crippen molar-refractivity contribution in [2.45, 2.75) is 44.4 Å². The molecule has 2 aromatic carbocycles. The fourth-order valence-corrected chi connectivity index (χ4v) is 3.61. The largest absolute Gasteiger partial charge is 0.461 e. The molecule has 5 nitrogen and oxygen atoms in total. The Morgan fingerprint density at radius 2 is 1.77 bits per heavy atom. The average Bonchev–Trinajstić information content (AvgIpc) is 2.79. The molecule has 3 rings (SSSR count). The van der Waals surface area contributed by atoms with Gasteiger partial charge in [-0.15, -0.1) is 0 Å². The lowest BCUT2D eigenvalue weighted by molar-refractivity contribution is -0.253. The van der Waals surface area contributed by atoms with Gasteiger partial charge in [0.05, 0.1) is 16.8 Å². The third-order valence-electron chi connectivity index (χ3n) is 4.97. The van der Waals surface area contributed by atoms with Crippen LogP contribution in [0.25, 0.3) is 0 Å². The summed E-state index contributed by atoms with van der Waals surface area (Å²) in [5.74, 6) is -0.516. The maximum Gasteiger partial charge on any atom is 0.461 e. The van der Waals surface area contributed by atoms with Crippen molar-refractivity contribution in [3.05, 3.63) is 94.8 Å². The Morgan fingerprint density at radius 3 is 2.37 bits per heavy atom. The molecule has 3 aromatic rings. The number of pyridine rings is 1. The van der Waals surface area contributed by atoms with E-state index in [1.807, 2.05) is 18.2 Å². The van der Waals surface area contributed by atoms with Crippen LogP contribution in [-0.4, -0.2) is 29.7 Å². The lowest BCUT2D eigenvalue weighted by atomic mass is 9.80. The van der Waals surface area contributed by atoms with Gasteiger partial charge in [-0.2, -0.15) is 17.6 Å². The van der Waals surface area contributed by atoms with E-state index >= 15 is 0 Å². The van der Waals surface area contributed by atoms with Crippen LogP contribution in [0.4, 0.5) is 22.4 Å². The quantitative estimate of drug-likeness (QED) is 0.330. The van der Waals surface area contributed by atoms with Crippen LogP contribution in [0.2, 0.25) is 5.02 Å². The van der Waals surface area contributed by atoms with Crippen LogP contribution >= 0.6 is 11.6 Å². The minimum atomic E-state index is -4.71. The van der Waals surface area contributed by atoms with Crippen molar-refractivity contribution in [3.8, 4) is 5.75 Å². The van der Waals surface area contributed by atoms with E-state index in [4.69, 9.17) is 16.3 Å². The van der Waals surface area contributed by atoms with Crippen molar-refractivity contribution in [1.29, 1.82) is 0 Å². The van der Waals surface area contributed by atoms with Crippen molar-refractivity contribution < 1.29 is 31.8 Å². The second-order valence-corrected chi connectivity index (χ2v) is 8.44. The Labute approximate surface area is 205 Å². The minimum absolute atomic E-state index is 0.115. The van der Waals surface area contributed by atoms with Gasteiger partial charge in [-0.05, 0) is 49.2 Å². The SMILES string of the molecule is CC(C)OC(=O)N[C@@](Cc1ccccc1)(c1cccc(OC(F)(F)C(F)F)c1)c1ccc(Cl)cn1. The predicted molar refractivity (Wildman–Crippen MR) is 123 cm³/mol. The van der Waals surface area contributed by atoms with Gasteiger partial charge in [0.15, 0.2) is 0 Å². The van der Waals surface area contributed by atoms with Gasteiger partial charge >= 0.3 is 18.6 Å². The fraction of sp³-hybridized carbons (Fsp3) is 0.280. The van der Waals surface area contributed by atoms with Gasteiger partial charge in [-0.1, -0.05) is 54.1 Å². The lowest BCUT2D eigenvalue weighted by Gasteiger charge is -2.35. The number of carbonyl (C=O) groups is 1. The molecule has 0 radical (unpaired) electrons. The number of amides is 1. The van der Waals surface area contributed by atoms with Gasteiger partial charge in [-0.25, -0.2) is 4.79 Å². The maximum absolute atomic E-state index is 13.6. The summed E-state index contributed by atoms with van der Waals surface area (Å²) in [6, 6.07) is 17.3. The molecular weight excluding hydrogens is 488 g/mol. The van der Waals surface area contributed by atoms with Crippen LogP contribution in [0.15, 0.2) is 72.9 Å². The predicted octanol–water partition coefficient (Wildman–Crippen LogP) is 6.59. The molecule has 0 saturated carbocycles. The number of nitrogens with zero attached hydrogens (tertiary/aromatic N) is 1. The number of benzene rings is 2. The number of hydrogen-bond donors (Lipinski definition) is 1. The molecule has 1 atom stereocenters. The third-order valence-corrected chi connectivity index (χ3v) is 5.19. The molecule has 10 heteroatoms. The molecule has 1 N–H and O–H groups in total. The van der Waals surface area contributed by atoms with E-state index in [1.165, 1.54) is 12.3 Å². The van der Waals surface area contributed by atoms with Crippen LogP contribution < -0.4 is 10.1 Å². The Hall–Kier alpha value is -3.33. The van der Waals surface area contributed by atoms with Gasteiger partial charge < -0.3 is 14.8 Å². The van der Waals surface area contributed by atoms with Gasteiger partial charge in [-0.3, -0.25) is 4.98 Å². The fourth-order valence-electron chi connectivity index (χ4n) is 3.50. The summed E-state index contributed by atoms with van der Waals surface area (Å²) >= 11 is 6.02. The summed E-state index contributed by atoms with van der Waals surface area (Å²) in [6.45, 7) is 3.33. The zero-order valence-electron chi connectivity index (χ0n) is 18.9. The molecule has 0 unspecified atom stereocenters. The van der Waals surface area contributed by atoms with E-state index in [-0.39, 0.29) is 12.0 Å². The normalized spacial score (nSPS) is 13.4. The van der Waals surface area contributed by atoms with Crippen LogP contribution in [0.3, 0.4) is 0 Å². The number of halogens is 5. The van der Waals surface area contributed by atoms with E-state index in [1.54, 1.807) is 44.2 Å². The van der Waals surface area contributed by atoms with Crippen LogP contribution in [-0.2, 0) is 16.7 Å². The zero-order chi connectivity index (χ0) is 25.6. The van der Waals surface area contributed by atoms with E-state index in [9.17, 15) is 22.4 Å². The standard InChI is InChI=1S/C25H23ClF4N2O3/c1-16(2)34-23(33)32-24(14-17-7-4-3-5-8-17,21-12-11-19(26)15-31-21)18-9-6-10-20(13-18)35-25(29,30)22(27)28/h3-13,15-16,22H,14H2,1-2H3,(H,32,33)/t24-/m0/s1. The molecule has 1 aromatic heterocycles. The number of hydrogen-bond acceptors (Lipinski definition) is 4. The highest BCUT2D eigenvalue weighted by molar-refractivity contribution is 6.30. The average molecular weight is 511 g/mol. The number of alkyl halides is 4. The third kappa shape index (κ3) is 6.63. The summed E-state index contributed by atoms with van der Waals surface area (Å²) in [5, 5.41) is 3.15. The van der Waals surface area contributed by atoms with Crippen LogP contribution in [0.5, 0.6) is 5.75 Å². The molecule has 186 valence electrons. The number of rotatable bonds is 9. The molecule has 0 saturated heterocycles. The molecule has 0 aliphatic rings. The van der Waals surface area contributed by atoms with Gasteiger partial charge in [0.1, 0.15) is 11.3 Å². The van der Waals surface area contributed by atoms with Gasteiger partial charge in [0, 0.05) is 12.6 Å². The Balaban J connectivity index is 2.19. The van der Waals surface area contributed by atoms with Crippen molar-refractivity contribution in [2.75, 3.05) is 0 Å². The number of nitrogens with one attached hydrogen (secondary N) is 1. The summed E-state index contributed by atoms with van der Waals surface area (Å²) in [6.07, 6.45) is -8.50. The number of alkyl carbamates (subject to hydrolysis) is 1. The molecule has 1 amide bonds. The van der Waals surface area contributed by atoms with Crippen molar-refractivity contribution in [2.24, 2.45) is 0 Å². The Bertz CT molecular complexity index is 1130. The highest BCUT2D eigenvalue weighted by atomic mass is 35.5. The molecular formula is C25H23ClF4N2O3. The number of carbonyl (C=O) groups excluding carboxylic acids is 1. The van der Waals surface area contributed by atoms with Gasteiger partial charge in [0.25, 0.3) is 0 Å². The first kappa shape index (κ1) is 26.3. The molecule has 1 heterocycles. The second kappa shape index (κ2) is 10.9. The van der Waals surface area contributed by atoms with Crippen molar-refractivity contribution in [1.82, 2.24) is 10.3 Å². The van der Waals surface area contributed by atoms with Crippen LogP contribution in [0, 0.1) is 0 Å². The van der Waals surface area contributed by atoms with E-state index in [2.05, 4.69) is 15.0 Å². The minimum Gasteiger partial charge on any atom is -0.447 e. The Kier molecular flexibility index (Phi) is 8.22. The second-order valence-electron chi connectivity index (χ2n) is 8.00. The highest BCUT2D eigenvalue weighted by Crippen LogP contribution is 2.36. The zero-order valence-corrected chi connectivity index (χ0v) is 19.6.